The summed E-state index contributed by atoms with van der Waals surface area (Å²) in [4.78, 5) is 0. The quantitative estimate of drug-likeness (QED) is 0.684. The molecule has 14 heavy (non-hydrogen) atoms. The van der Waals surface area contributed by atoms with E-state index in [1.165, 1.54) is 12.8 Å². The van der Waals surface area contributed by atoms with Crippen LogP contribution in [0.15, 0.2) is 0 Å². The van der Waals surface area contributed by atoms with Crippen LogP contribution in [0.2, 0.25) is 0 Å². The number of hydrogen-bond donors (Lipinski definition) is 1. The molecule has 0 radical (unpaired) electrons. The molecule has 0 spiro atoms. The third kappa shape index (κ3) is 7.34. The van der Waals surface area contributed by atoms with E-state index in [2.05, 4.69) is 39.9 Å². The van der Waals surface area contributed by atoms with E-state index in [0.717, 1.165) is 12.5 Å². The second-order valence-corrected chi connectivity index (χ2v) is 5.22. The monoisotopic (exact) mass is 201 g/mol. The van der Waals surface area contributed by atoms with E-state index >= 15 is 0 Å². The third-order valence-electron chi connectivity index (χ3n) is 2.61. The maximum Gasteiger partial charge on any atom is 0.0746 e. The van der Waals surface area contributed by atoms with Gasteiger partial charge in [-0.25, -0.2) is 0 Å². The van der Waals surface area contributed by atoms with E-state index in [0.29, 0.717) is 6.04 Å². The van der Waals surface area contributed by atoms with Gasteiger partial charge in [0, 0.05) is 19.7 Å². The minimum Gasteiger partial charge on any atom is -0.377 e. The highest BCUT2D eigenvalue weighted by atomic mass is 16.5. The summed E-state index contributed by atoms with van der Waals surface area (Å²) in [7, 11) is 1.76. The standard InChI is InChI=1S/C12H27NO/c1-10(2)7-8-11(3)13-9-12(4,5)14-6/h10-11,13H,7-9H2,1-6H3. The molecule has 0 aliphatic heterocycles. The minimum absolute atomic E-state index is 0.0495. The highest BCUT2D eigenvalue weighted by Crippen LogP contribution is 2.09. The molecule has 1 unspecified atom stereocenters. The Balaban J connectivity index is 3.58. The predicted octanol–water partition coefficient (Wildman–Crippen LogP) is 2.83. The highest BCUT2D eigenvalue weighted by Gasteiger charge is 2.16. The van der Waals surface area contributed by atoms with Crippen LogP contribution in [0.5, 0.6) is 0 Å². The van der Waals surface area contributed by atoms with Crippen molar-refractivity contribution in [1.82, 2.24) is 5.32 Å². The van der Waals surface area contributed by atoms with Gasteiger partial charge in [0.2, 0.25) is 0 Å². The molecule has 0 rings (SSSR count). The van der Waals surface area contributed by atoms with Crippen LogP contribution in [0, 0.1) is 5.92 Å². The van der Waals surface area contributed by atoms with Crippen molar-refractivity contribution in [1.29, 1.82) is 0 Å². The zero-order chi connectivity index (χ0) is 11.2. The Morgan fingerprint density at radius 3 is 2.14 bits per heavy atom. The molecule has 0 aromatic heterocycles. The number of hydrogen-bond acceptors (Lipinski definition) is 2. The van der Waals surface area contributed by atoms with Gasteiger partial charge < -0.3 is 10.1 Å². The van der Waals surface area contributed by atoms with Crippen LogP contribution in [0.4, 0.5) is 0 Å². The van der Waals surface area contributed by atoms with Crippen LogP contribution in [0.25, 0.3) is 0 Å². The second-order valence-electron chi connectivity index (χ2n) is 5.22. The largest absolute Gasteiger partial charge is 0.377 e. The van der Waals surface area contributed by atoms with E-state index in [4.69, 9.17) is 4.74 Å². The van der Waals surface area contributed by atoms with Crippen molar-refractivity contribution in [2.75, 3.05) is 13.7 Å². The highest BCUT2D eigenvalue weighted by molar-refractivity contribution is 4.73. The Morgan fingerprint density at radius 1 is 1.14 bits per heavy atom. The molecule has 0 aliphatic rings. The van der Waals surface area contributed by atoms with Crippen LogP contribution >= 0.6 is 0 Å². The SMILES string of the molecule is COC(C)(C)CNC(C)CCC(C)C. The first kappa shape index (κ1) is 13.9. The first-order valence-electron chi connectivity index (χ1n) is 5.66. The molecule has 0 heterocycles. The van der Waals surface area contributed by atoms with E-state index in [-0.39, 0.29) is 5.60 Å². The van der Waals surface area contributed by atoms with Crippen LogP contribution in [-0.2, 0) is 4.74 Å². The summed E-state index contributed by atoms with van der Waals surface area (Å²) in [6, 6.07) is 0.590. The number of methoxy groups -OCH3 is 1. The summed E-state index contributed by atoms with van der Waals surface area (Å²) in [5, 5.41) is 3.50. The van der Waals surface area contributed by atoms with Crippen molar-refractivity contribution in [3.05, 3.63) is 0 Å². The number of rotatable bonds is 7. The molecular formula is C12H27NO. The summed E-state index contributed by atoms with van der Waals surface area (Å²) in [6.45, 7) is 11.9. The summed E-state index contributed by atoms with van der Waals surface area (Å²) in [5.41, 5.74) is -0.0495. The third-order valence-corrected chi connectivity index (χ3v) is 2.61. The van der Waals surface area contributed by atoms with Gasteiger partial charge >= 0.3 is 0 Å². The van der Waals surface area contributed by atoms with E-state index < -0.39 is 0 Å². The maximum absolute atomic E-state index is 5.35. The van der Waals surface area contributed by atoms with Crippen molar-refractivity contribution in [3.63, 3.8) is 0 Å². The fraction of sp³-hybridized carbons (Fsp3) is 1.00. The Bertz CT molecular complexity index is 143. The van der Waals surface area contributed by atoms with Gasteiger partial charge in [-0.3, -0.25) is 0 Å². The van der Waals surface area contributed by atoms with Crippen molar-refractivity contribution >= 4 is 0 Å². The average molecular weight is 201 g/mol. The van der Waals surface area contributed by atoms with E-state index in [1.54, 1.807) is 7.11 Å². The lowest BCUT2D eigenvalue weighted by molar-refractivity contribution is 0.0211. The fourth-order valence-corrected chi connectivity index (χ4v) is 1.18. The average Bonchev–Trinajstić information content (AvgIpc) is 2.11. The van der Waals surface area contributed by atoms with E-state index in [1.807, 2.05) is 0 Å². The minimum atomic E-state index is -0.0495. The predicted molar refractivity (Wildman–Crippen MR) is 62.6 cm³/mol. The van der Waals surface area contributed by atoms with Crippen LogP contribution in [0.3, 0.4) is 0 Å². The molecule has 2 heteroatoms. The molecule has 0 aromatic carbocycles. The lowest BCUT2D eigenvalue weighted by atomic mass is 10.0. The summed E-state index contributed by atoms with van der Waals surface area (Å²) < 4.78 is 5.35. The zero-order valence-corrected chi connectivity index (χ0v) is 10.7. The van der Waals surface area contributed by atoms with Gasteiger partial charge in [0.25, 0.3) is 0 Å². The molecular weight excluding hydrogens is 174 g/mol. The molecule has 0 amide bonds. The molecule has 86 valence electrons. The zero-order valence-electron chi connectivity index (χ0n) is 10.7. The molecule has 2 nitrogen and oxygen atoms in total. The van der Waals surface area contributed by atoms with Crippen LogP contribution in [-0.4, -0.2) is 25.3 Å². The first-order chi connectivity index (χ1) is 6.37. The summed E-state index contributed by atoms with van der Waals surface area (Å²) in [6.07, 6.45) is 2.54. The van der Waals surface area contributed by atoms with Crippen LogP contribution < -0.4 is 5.32 Å². The molecule has 0 bridgehead atoms. The smallest absolute Gasteiger partial charge is 0.0746 e. The van der Waals surface area contributed by atoms with Gasteiger partial charge in [0.1, 0.15) is 0 Å². The molecule has 0 saturated carbocycles. The number of ether oxygens (including phenoxy) is 1. The van der Waals surface area contributed by atoms with Gasteiger partial charge in [0.15, 0.2) is 0 Å². The van der Waals surface area contributed by atoms with Gasteiger partial charge in [0.05, 0.1) is 5.60 Å². The summed E-state index contributed by atoms with van der Waals surface area (Å²) in [5.74, 6) is 0.801. The van der Waals surface area contributed by atoms with Crippen molar-refractivity contribution in [3.8, 4) is 0 Å². The molecule has 0 aliphatic carbocycles. The Labute approximate surface area is 89.4 Å². The lowest BCUT2D eigenvalue weighted by Crippen LogP contribution is -2.40. The van der Waals surface area contributed by atoms with Crippen molar-refractivity contribution < 1.29 is 4.74 Å². The van der Waals surface area contributed by atoms with Crippen molar-refractivity contribution in [2.24, 2.45) is 5.92 Å². The Hall–Kier alpha value is -0.0800. The Kier molecular flexibility index (Phi) is 6.38. The molecule has 1 N–H and O–H groups in total. The number of nitrogens with one attached hydrogen (secondary N) is 1. The second kappa shape index (κ2) is 6.41. The normalized spacial score (nSPS) is 14.8. The maximum atomic E-state index is 5.35. The molecule has 1 atom stereocenters. The van der Waals surface area contributed by atoms with E-state index in [9.17, 15) is 0 Å². The lowest BCUT2D eigenvalue weighted by Gasteiger charge is -2.26. The van der Waals surface area contributed by atoms with Crippen molar-refractivity contribution in [2.45, 2.75) is 59.1 Å². The van der Waals surface area contributed by atoms with Gasteiger partial charge in [-0.1, -0.05) is 13.8 Å². The van der Waals surface area contributed by atoms with Gasteiger partial charge in [-0.05, 0) is 39.5 Å². The molecule has 0 aromatic rings. The summed E-state index contributed by atoms with van der Waals surface area (Å²) >= 11 is 0. The fourth-order valence-electron chi connectivity index (χ4n) is 1.18. The van der Waals surface area contributed by atoms with Crippen LogP contribution in [0.1, 0.15) is 47.5 Å². The van der Waals surface area contributed by atoms with Gasteiger partial charge in [-0.15, -0.1) is 0 Å². The topological polar surface area (TPSA) is 21.3 Å². The first-order valence-corrected chi connectivity index (χ1v) is 5.66. The molecule has 0 saturated heterocycles. The molecule has 0 fully saturated rings. The van der Waals surface area contributed by atoms with Gasteiger partial charge in [-0.2, -0.15) is 0 Å². The Morgan fingerprint density at radius 2 is 1.71 bits per heavy atom.